The van der Waals surface area contributed by atoms with Crippen molar-refractivity contribution in [3.05, 3.63) is 0 Å². The van der Waals surface area contributed by atoms with Crippen LogP contribution in [0.5, 0.6) is 0 Å². The highest BCUT2D eigenvalue weighted by molar-refractivity contribution is 7.99. The molecule has 2 nitrogen and oxygen atoms in total. The zero-order valence-electron chi connectivity index (χ0n) is 8.75. The van der Waals surface area contributed by atoms with Gasteiger partial charge in [0.1, 0.15) is 0 Å². The lowest BCUT2D eigenvalue weighted by Gasteiger charge is -2.21. The molecule has 80 valence electrons. The Kier molecular flexibility index (Phi) is 9.62. The molecule has 4 heteroatoms. The molecule has 2 N–H and O–H groups in total. The Balaban J connectivity index is 3.42. The van der Waals surface area contributed by atoms with Crippen LogP contribution in [0.15, 0.2) is 0 Å². The second kappa shape index (κ2) is 9.19. The Bertz CT molecular complexity index is 110. The second-order valence-corrected chi connectivity index (χ2v) is 5.11. The third-order valence-corrected chi connectivity index (χ3v) is 3.89. The minimum absolute atomic E-state index is 0.262. The number of aliphatic hydroxyl groups is 1. The molecule has 0 heterocycles. The van der Waals surface area contributed by atoms with Crippen molar-refractivity contribution in [1.29, 1.82) is 0 Å². The van der Waals surface area contributed by atoms with Crippen LogP contribution in [0.2, 0.25) is 0 Å². The molecule has 0 aliphatic rings. The average Bonchev–Trinajstić information content (AvgIpc) is 2.14. The van der Waals surface area contributed by atoms with Gasteiger partial charge in [-0.15, -0.1) is 0 Å². The van der Waals surface area contributed by atoms with Crippen molar-refractivity contribution >= 4 is 23.5 Å². The summed E-state index contributed by atoms with van der Waals surface area (Å²) in [6.45, 7) is 3.45. The van der Waals surface area contributed by atoms with Crippen LogP contribution in [0.1, 0.15) is 13.3 Å². The predicted octanol–water partition coefficient (Wildman–Crippen LogP) is 1.44. The molecule has 0 aromatic heterocycles. The third-order valence-electron chi connectivity index (χ3n) is 2.03. The third kappa shape index (κ3) is 6.66. The van der Waals surface area contributed by atoms with E-state index in [9.17, 15) is 0 Å². The monoisotopic (exact) mass is 223 g/mol. The molecule has 2 atom stereocenters. The first-order chi connectivity index (χ1) is 6.26. The van der Waals surface area contributed by atoms with Gasteiger partial charge >= 0.3 is 0 Å². The number of rotatable bonds is 8. The van der Waals surface area contributed by atoms with E-state index < -0.39 is 0 Å². The minimum Gasteiger partial charge on any atom is -0.395 e. The fourth-order valence-corrected chi connectivity index (χ4v) is 2.20. The largest absolute Gasteiger partial charge is 0.395 e. The van der Waals surface area contributed by atoms with Gasteiger partial charge in [0, 0.05) is 11.3 Å². The molecule has 0 bridgehead atoms. The highest BCUT2D eigenvalue weighted by Gasteiger charge is 2.13. The second-order valence-electron chi connectivity index (χ2n) is 3.05. The maximum Gasteiger partial charge on any atom is 0.0564 e. The Hall–Kier alpha value is 0.620. The molecular weight excluding hydrogens is 202 g/mol. The summed E-state index contributed by atoms with van der Waals surface area (Å²) in [4.78, 5) is 0. The van der Waals surface area contributed by atoms with E-state index in [4.69, 9.17) is 5.11 Å². The van der Waals surface area contributed by atoms with E-state index in [1.165, 1.54) is 12.2 Å². The Morgan fingerprint density at radius 1 is 1.38 bits per heavy atom. The molecule has 0 fully saturated rings. The molecule has 0 aromatic carbocycles. The molecule has 0 spiro atoms. The fraction of sp³-hybridized carbons (Fsp3) is 1.00. The standard InChI is InChI=1S/C9H21NOS2/c1-8(9(7-11)13-3)10-5-4-6-12-2/h8-11H,4-7H2,1-3H3. The average molecular weight is 223 g/mol. The quantitative estimate of drug-likeness (QED) is 0.610. The van der Waals surface area contributed by atoms with E-state index in [0.29, 0.717) is 11.3 Å². The topological polar surface area (TPSA) is 32.3 Å². The molecule has 13 heavy (non-hydrogen) atoms. The Labute approximate surface area is 90.2 Å². The first kappa shape index (κ1) is 13.6. The first-order valence-electron chi connectivity index (χ1n) is 4.62. The van der Waals surface area contributed by atoms with Crippen LogP contribution >= 0.6 is 23.5 Å². The number of hydrogen-bond donors (Lipinski definition) is 2. The van der Waals surface area contributed by atoms with Gasteiger partial charge in [0.25, 0.3) is 0 Å². The molecular formula is C9H21NOS2. The van der Waals surface area contributed by atoms with Crippen LogP contribution < -0.4 is 5.32 Å². The van der Waals surface area contributed by atoms with Crippen LogP contribution in [-0.4, -0.2) is 47.8 Å². The van der Waals surface area contributed by atoms with Gasteiger partial charge in [0.2, 0.25) is 0 Å². The Morgan fingerprint density at radius 2 is 2.08 bits per heavy atom. The Morgan fingerprint density at radius 3 is 2.54 bits per heavy atom. The van der Waals surface area contributed by atoms with E-state index in [2.05, 4.69) is 18.5 Å². The van der Waals surface area contributed by atoms with Crippen LogP contribution in [0.4, 0.5) is 0 Å². The van der Waals surface area contributed by atoms with Crippen molar-refractivity contribution in [3.8, 4) is 0 Å². The lowest BCUT2D eigenvalue weighted by atomic mass is 10.2. The molecule has 0 aliphatic heterocycles. The summed E-state index contributed by atoms with van der Waals surface area (Å²) < 4.78 is 0. The maximum atomic E-state index is 9.03. The zero-order valence-corrected chi connectivity index (χ0v) is 10.4. The molecule has 0 saturated heterocycles. The summed E-state index contributed by atoms with van der Waals surface area (Å²) >= 11 is 3.60. The summed E-state index contributed by atoms with van der Waals surface area (Å²) in [7, 11) is 0. The van der Waals surface area contributed by atoms with Crippen LogP contribution in [0, 0.1) is 0 Å². The molecule has 0 saturated carbocycles. The van der Waals surface area contributed by atoms with Gasteiger partial charge in [-0.2, -0.15) is 23.5 Å². The number of hydrogen-bond acceptors (Lipinski definition) is 4. The van der Waals surface area contributed by atoms with Gasteiger partial charge in [0.15, 0.2) is 0 Å². The lowest BCUT2D eigenvalue weighted by molar-refractivity contribution is 0.276. The summed E-state index contributed by atoms with van der Waals surface area (Å²) in [6.07, 6.45) is 5.38. The van der Waals surface area contributed by atoms with Crippen molar-refractivity contribution in [2.24, 2.45) is 0 Å². The molecule has 0 aromatic rings. The number of nitrogens with one attached hydrogen (secondary N) is 1. The number of aliphatic hydroxyl groups excluding tert-OH is 1. The van der Waals surface area contributed by atoms with Crippen molar-refractivity contribution in [1.82, 2.24) is 5.32 Å². The predicted molar refractivity (Wildman–Crippen MR) is 64.9 cm³/mol. The molecule has 0 aliphatic carbocycles. The van der Waals surface area contributed by atoms with E-state index in [1.807, 2.05) is 18.0 Å². The lowest BCUT2D eigenvalue weighted by Crippen LogP contribution is -2.38. The van der Waals surface area contributed by atoms with Crippen LogP contribution in [0.25, 0.3) is 0 Å². The SMILES string of the molecule is CSCCCNC(C)C(CO)SC. The van der Waals surface area contributed by atoms with Gasteiger partial charge in [-0.05, 0) is 38.2 Å². The molecule has 0 rings (SSSR count). The van der Waals surface area contributed by atoms with Gasteiger partial charge in [0.05, 0.1) is 6.61 Å². The zero-order chi connectivity index (χ0) is 10.1. The van der Waals surface area contributed by atoms with Gasteiger partial charge in [-0.25, -0.2) is 0 Å². The highest BCUT2D eigenvalue weighted by Crippen LogP contribution is 2.10. The molecule has 0 amide bonds. The summed E-state index contributed by atoms with van der Waals surface area (Å²) in [5.74, 6) is 1.21. The fourth-order valence-electron chi connectivity index (χ4n) is 1.11. The van der Waals surface area contributed by atoms with E-state index in [0.717, 1.165) is 6.54 Å². The van der Waals surface area contributed by atoms with Crippen LogP contribution in [-0.2, 0) is 0 Å². The maximum absolute atomic E-state index is 9.03. The smallest absolute Gasteiger partial charge is 0.0564 e. The number of thioether (sulfide) groups is 2. The van der Waals surface area contributed by atoms with Gasteiger partial charge in [-0.3, -0.25) is 0 Å². The van der Waals surface area contributed by atoms with Gasteiger partial charge in [-0.1, -0.05) is 0 Å². The van der Waals surface area contributed by atoms with E-state index in [-0.39, 0.29) is 6.61 Å². The van der Waals surface area contributed by atoms with Crippen molar-refractivity contribution in [2.75, 3.05) is 31.4 Å². The van der Waals surface area contributed by atoms with Crippen LogP contribution in [0.3, 0.4) is 0 Å². The van der Waals surface area contributed by atoms with E-state index in [1.54, 1.807) is 11.8 Å². The first-order valence-corrected chi connectivity index (χ1v) is 7.30. The summed E-state index contributed by atoms with van der Waals surface area (Å²) in [5, 5.41) is 12.8. The molecule has 2 unspecified atom stereocenters. The van der Waals surface area contributed by atoms with Crippen molar-refractivity contribution in [2.45, 2.75) is 24.6 Å². The normalized spacial score (nSPS) is 15.7. The van der Waals surface area contributed by atoms with Gasteiger partial charge < -0.3 is 10.4 Å². The summed E-state index contributed by atoms with van der Waals surface area (Å²) in [6, 6.07) is 0.404. The van der Waals surface area contributed by atoms with E-state index >= 15 is 0 Å². The highest BCUT2D eigenvalue weighted by atomic mass is 32.2. The molecule has 0 radical (unpaired) electrons. The van der Waals surface area contributed by atoms with Crippen molar-refractivity contribution in [3.63, 3.8) is 0 Å². The van der Waals surface area contributed by atoms with Crippen molar-refractivity contribution < 1.29 is 5.11 Å². The minimum atomic E-state index is 0.262. The summed E-state index contributed by atoms with van der Waals surface area (Å²) in [5.41, 5.74) is 0.